The molecule has 0 aliphatic carbocycles. The lowest BCUT2D eigenvalue weighted by molar-refractivity contribution is -0.118. The van der Waals surface area contributed by atoms with Crippen LogP contribution in [0.1, 0.15) is 23.7 Å². The number of carbonyl (C=O) groups is 3. The summed E-state index contributed by atoms with van der Waals surface area (Å²) in [4.78, 5) is 34.6. The summed E-state index contributed by atoms with van der Waals surface area (Å²) < 4.78 is 0. The number of hydrogen-bond acceptors (Lipinski definition) is 4. The lowest BCUT2D eigenvalue weighted by Crippen LogP contribution is -2.42. The standard InChI is InChI=1S/C14H20N4O3/c1-3-8-16-14(21)18-12(19)9-17-11-7-5-4-6-10(11)13(20)15-2/h4-7,17H,3,8-9H2,1-2H3,(H,15,20)(H2,16,18,19,21). The van der Waals surface area contributed by atoms with Crippen LogP contribution < -0.4 is 21.3 Å². The molecule has 0 aliphatic heterocycles. The Morgan fingerprint density at radius 1 is 1.14 bits per heavy atom. The number of rotatable bonds is 6. The maximum atomic E-state index is 11.7. The molecule has 4 amide bonds. The van der Waals surface area contributed by atoms with Gasteiger partial charge in [-0.1, -0.05) is 19.1 Å². The van der Waals surface area contributed by atoms with E-state index in [4.69, 9.17) is 0 Å². The average Bonchev–Trinajstić information content (AvgIpc) is 2.50. The van der Waals surface area contributed by atoms with Crippen LogP contribution in [-0.2, 0) is 4.79 Å². The van der Waals surface area contributed by atoms with Gasteiger partial charge >= 0.3 is 6.03 Å². The molecule has 1 aromatic rings. The summed E-state index contributed by atoms with van der Waals surface area (Å²) in [5.41, 5.74) is 0.962. The van der Waals surface area contributed by atoms with Crippen LogP contribution in [0.2, 0.25) is 0 Å². The fourth-order valence-corrected chi connectivity index (χ4v) is 1.60. The lowest BCUT2D eigenvalue weighted by atomic mass is 10.1. The third kappa shape index (κ3) is 5.52. The van der Waals surface area contributed by atoms with Crippen molar-refractivity contribution >= 4 is 23.5 Å². The molecule has 7 nitrogen and oxygen atoms in total. The van der Waals surface area contributed by atoms with Gasteiger partial charge in [-0.05, 0) is 18.6 Å². The first kappa shape index (κ1) is 16.5. The van der Waals surface area contributed by atoms with E-state index in [-0.39, 0.29) is 12.5 Å². The van der Waals surface area contributed by atoms with Crippen molar-refractivity contribution in [2.45, 2.75) is 13.3 Å². The van der Waals surface area contributed by atoms with Crippen molar-refractivity contribution in [1.29, 1.82) is 0 Å². The van der Waals surface area contributed by atoms with Gasteiger partial charge in [-0.3, -0.25) is 14.9 Å². The Bertz CT molecular complexity index is 517. The Morgan fingerprint density at radius 3 is 2.52 bits per heavy atom. The van der Waals surface area contributed by atoms with Crippen molar-refractivity contribution in [3.63, 3.8) is 0 Å². The van der Waals surface area contributed by atoms with E-state index in [1.54, 1.807) is 24.3 Å². The lowest BCUT2D eigenvalue weighted by Gasteiger charge is -2.11. The molecule has 4 N–H and O–H groups in total. The normalized spacial score (nSPS) is 9.62. The summed E-state index contributed by atoms with van der Waals surface area (Å²) in [6, 6.07) is 6.29. The molecular formula is C14H20N4O3. The molecule has 114 valence electrons. The van der Waals surface area contributed by atoms with E-state index in [1.807, 2.05) is 6.92 Å². The van der Waals surface area contributed by atoms with Crippen LogP contribution in [0.3, 0.4) is 0 Å². The highest BCUT2D eigenvalue weighted by atomic mass is 16.2. The zero-order valence-corrected chi connectivity index (χ0v) is 12.2. The Labute approximate surface area is 123 Å². The highest BCUT2D eigenvalue weighted by Crippen LogP contribution is 2.14. The zero-order chi connectivity index (χ0) is 15.7. The third-order valence-electron chi connectivity index (χ3n) is 2.63. The van der Waals surface area contributed by atoms with Crippen LogP contribution in [0.25, 0.3) is 0 Å². The largest absolute Gasteiger partial charge is 0.375 e. The number of hydrogen-bond donors (Lipinski definition) is 4. The van der Waals surface area contributed by atoms with Crippen molar-refractivity contribution < 1.29 is 14.4 Å². The van der Waals surface area contributed by atoms with E-state index in [1.165, 1.54) is 7.05 Å². The molecule has 0 fully saturated rings. The monoisotopic (exact) mass is 292 g/mol. The second kappa shape index (κ2) is 8.57. The maximum Gasteiger partial charge on any atom is 0.321 e. The van der Waals surface area contributed by atoms with Crippen molar-refractivity contribution in [1.82, 2.24) is 16.0 Å². The Morgan fingerprint density at radius 2 is 1.86 bits per heavy atom. The molecule has 0 aliphatic rings. The molecular weight excluding hydrogens is 272 g/mol. The minimum Gasteiger partial charge on any atom is -0.375 e. The van der Waals surface area contributed by atoms with Gasteiger partial charge in [0.1, 0.15) is 0 Å². The molecule has 0 unspecified atom stereocenters. The minimum atomic E-state index is -0.525. The first-order chi connectivity index (χ1) is 10.1. The van der Waals surface area contributed by atoms with E-state index in [0.717, 1.165) is 6.42 Å². The average molecular weight is 292 g/mol. The number of anilines is 1. The number of nitrogens with one attached hydrogen (secondary N) is 4. The summed E-state index contributed by atoms with van der Waals surface area (Å²) >= 11 is 0. The Hall–Kier alpha value is -2.57. The van der Waals surface area contributed by atoms with E-state index in [0.29, 0.717) is 17.8 Å². The quantitative estimate of drug-likeness (QED) is 0.620. The summed E-state index contributed by atoms with van der Waals surface area (Å²) in [5, 5.41) is 10.1. The van der Waals surface area contributed by atoms with Crippen molar-refractivity contribution in [3.8, 4) is 0 Å². The third-order valence-corrected chi connectivity index (χ3v) is 2.63. The van der Waals surface area contributed by atoms with Gasteiger partial charge in [0.15, 0.2) is 0 Å². The van der Waals surface area contributed by atoms with E-state index >= 15 is 0 Å². The van der Waals surface area contributed by atoms with Crippen LogP contribution in [-0.4, -0.2) is 38.0 Å². The van der Waals surface area contributed by atoms with Crippen molar-refractivity contribution in [2.24, 2.45) is 0 Å². The smallest absolute Gasteiger partial charge is 0.321 e. The topological polar surface area (TPSA) is 99.3 Å². The molecule has 21 heavy (non-hydrogen) atoms. The van der Waals surface area contributed by atoms with Gasteiger partial charge in [0.05, 0.1) is 12.1 Å². The number of benzene rings is 1. The molecule has 1 aromatic carbocycles. The highest BCUT2D eigenvalue weighted by molar-refractivity contribution is 6.00. The second-order valence-electron chi connectivity index (χ2n) is 4.28. The van der Waals surface area contributed by atoms with Crippen LogP contribution in [0.5, 0.6) is 0 Å². The predicted molar refractivity (Wildman–Crippen MR) is 80.2 cm³/mol. The van der Waals surface area contributed by atoms with Crippen LogP contribution in [0.4, 0.5) is 10.5 Å². The summed E-state index contributed by atoms with van der Waals surface area (Å²) in [7, 11) is 1.53. The van der Waals surface area contributed by atoms with Gasteiger partial charge in [0.2, 0.25) is 5.91 Å². The molecule has 0 saturated carbocycles. The van der Waals surface area contributed by atoms with Crippen LogP contribution >= 0.6 is 0 Å². The van der Waals surface area contributed by atoms with E-state index in [2.05, 4.69) is 21.3 Å². The van der Waals surface area contributed by atoms with Crippen molar-refractivity contribution in [3.05, 3.63) is 29.8 Å². The molecule has 0 saturated heterocycles. The maximum absolute atomic E-state index is 11.7. The number of imide groups is 1. The van der Waals surface area contributed by atoms with Gasteiger partial charge in [-0.25, -0.2) is 4.79 Å². The first-order valence-corrected chi connectivity index (χ1v) is 6.71. The van der Waals surface area contributed by atoms with E-state index < -0.39 is 11.9 Å². The van der Waals surface area contributed by atoms with E-state index in [9.17, 15) is 14.4 Å². The Kier molecular flexibility index (Phi) is 6.73. The predicted octanol–water partition coefficient (Wildman–Crippen LogP) is 0.694. The zero-order valence-electron chi connectivity index (χ0n) is 12.2. The number of amides is 4. The van der Waals surface area contributed by atoms with Gasteiger partial charge < -0.3 is 16.0 Å². The summed E-state index contributed by atoms with van der Waals surface area (Å²) in [5.74, 6) is -0.727. The van der Waals surface area contributed by atoms with Crippen LogP contribution in [0.15, 0.2) is 24.3 Å². The first-order valence-electron chi connectivity index (χ1n) is 6.71. The van der Waals surface area contributed by atoms with Gasteiger partial charge in [0, 0.05) is 19.3 Å². The van der Waals surface area contributed by atoms with Crippen LogP contribution in [0, 0.1) is 0 Å². The SMILES string of the molecule is CCCNC(=O)NC(=O)CNc1ccccc1C(=O)NC. The number of carbonyl (C=O) groups excluding carboxylic acids is 3. The van der Waals surface area contributed by atoms with Crippen molar-refractivity contribution in [2.75, 3.05) is 25.5 Å². The number of urea groups is 1. The highest BCUT2D eigenvalue weighted by Gasteiger charge is 2.11. The molecule has 0 bridgehead atoms. The molecule has 0 aromatic heterocycles. The van der Waals surface area contributed by atoms with Gasteiger partial charge in [-0.2, -0.15) is 0 Å². The minimum absolute atomic E-state index is 0.104. The molecule has 0 radical (unpaired) electrons. The molecule has 0 heterocycles. The molecule has 0 atom stereocenters. The second-order valence-corrected chi connectivity index (χ2v) is 4.28. The van der Waals surface area contributed by atoms with Gasteiger partial charge in [0.25, 0.3) is 5.91 Å². The molecule has 1 rings (SSSR count). The summed E-state index contributed by atoms with van der Waals surface area (Å²) in [6.45, 7) is 2.32. The summed E-state index contributed by atoms with van der Waals surface area (Å²) in [6.07, 6.45) is 0.791. The van der Waals surface area contributed by atoms with Gasteiger partial charge in [-0.15, -0.1) is 0 Å². The Balaban J connectivity index is 2.53. The molecule has 7 heteroatoms. The molecule has 0 spiro atoms. The fraction of sp³-hybridized carbons (Fsp3) is 0.357. The fourth-order valence-electron chi connectivity index (χ4n) is 1.60. The number of para-hydroxylation sites is 1.